The number of carbonyl (C=O) groups is 1. The van der Waals surface area contributed by atoms with Crippen molar-refractivity contribution in [3.63, 3.8) is 0 Å². The number of aromatic nitrogens is 1. The van der Waals surface area contributed by atoms with E-state index in [0.29, 0.717) is 29.0 Å². The molecule has 0 aliphatic carbocycles. The third-order valence-corrected chi connectivity index (χ3v) is 5.19. The molecule has 3 rings (SSSR count). The van der Waals surface area contributed by atoms with Gasteiger partial charge in [-0.25, -0.2) is 4.39 Å². The number of amides is 1. The number of hydrogen-bond donors (Lipinski definition) is 0. The normalized spacial score (nSPS) is 11.4. The molecule has 0 aliphatic rings. The zero-order valence-electron chi connectivity index (χ0n) is 15.3. The minimum Gasteiger partial charge on any atom is -0.330 e. The van der Waals surface area contributed by atoms with Crippen LogP contribution in [0, 0.1) is 5.82 Å². The molecule has 2 aromatic heterocycles. The lowest BCUT2D eigenvalue weighted by atomic mass is 10.1. The van der Waals surface area contributed by atoms with E-state index in [1.54, 1.807) is 54.0 Å². The summed E-state index contributed by atoms with van der Waals surface area (Å²) in [5.41, 5.74) is 1.68. The van der Waals surface area contributed by atoms with Crippen LogP contribution < -0.4 is 0 Å². The molecule has 0 spiro atoms. The summed E-state index contributed by atoms with van der Waals surface area (Å²) in [6.45, 7) is -0.0915. The highest BCUT2D eigenvalue weighted by Crippen LogP contribution is 2.23. The molecular weight excluding hydrogens is 404 g/mol. The molecule has 2 heterocycles. The topological polar surface area (TPSA) is 33.2 Å². The second kappa shape index (κ2) is 9.17. The zero-order valence-corrected chi connectivity index (χ0v) is 16.1. The molecule has 3 aromatic rings. The van der Waals surface area contributed by atoms with E-state index in [-0.39, 0.29) is 18.9 Å². The summed E-state index contributed by atoms with van der Waals surface area (Å²) < 4.78 is 52.5. The lowest BCUT2D eigenvalue weighted by molar-refractivity contribution is -0.186. The molecule has 29 heavy (non-hydrogen) atoms. The Morgan fingerprint density at radius 3 is 2.48 bits per heavy atom. The number of nitrogens with zero attached hydrogens (tertiary/aromatic N) is 2. The molecule has 1 aromatic carbocycles. The first-order chi connectivity index (χ1) is 13.8. The second-order valence-corrected chi connectivity index (χ2v) is 7.47. The molecule has 0 aliphatic heterocycles. The predicted molar refractivity (Wildman–Crippen MR) is 104 cm³/mol. The van der Waals surface area contributed by atoms with Crippen molar-refractivity contribution in [2.75, 3.05) is 6.54 Å². The van der Waals surface area contributed by atoms with Gasteiger partial charge in [-0.05, 0) is 48.1 Å². The van der Waals surface area contributed by atoms with Crippen LogP contribution in [0.4, 0.5) is 17.6 Å². The molecule has 0 fully saturated rings. The molecule has 3 nitrogen and oxygen atoms in total. The molecule has 0 radical (unpaired) electrons. The summed E-state index contributed by atoms with van der Waals surface area (Å²) in [5.74, 6) is -2.21. The van der Waals surface area contributed by atoms with Gasteiger partial charge in [0.05, 0.1) is 12.2 Å². The third kappa shape index (κ3) is 5.63. The van der Waals surface area contributed by atoms with E-state index in [9.17, 15) is 22.4 Å². The van der Waals surface area contributed by atoms with E-state index in [1.165, 1.54) is 17.4 Å². The Hall–Kier alpha value is -2.74. The number of rotatable bonds is 7. The maximum atomic E-state index is 13.8. The van der Waals surface area contributed by atoms with Gasteiger partial charge < -0.3 is 4.90 Å². The van der Waals surface area contributed by atoms with Crippen LogP contribution in [-0.2, 0) is 17.8 Å². The quantitative estimate of drug-likeness (QED) is 0.473. The zero-order chi connectivity index (χ0) is 20.9. The standard InChI is InChI=1S/C21H18F4N2OS/c22-18-8-2-1-7-17(18)19-10-9-15(13-26-19)5-3-11-27(20(28)21(23,24)25)14-16-6-4-12-29-16/h1-2,4,6-10,12-13H,3,5,11,14H2. The minimum atomic E-state index is -4.90. The van der Waals surface area contributed by atoms with Crippen LogP contribution in [-0.4, -0.2) is 28.5 Å². The average Bonchev–Trinajstić information content (AvgIpc) is 3.20. The summed E-state index contributed by atoms with van der Waals surface area (Å²) in [5, 5.41) is 1.76. The number of hydrogen-bond acceptors (Lipinski definition) is 3. The van der Waals surface area contributed by atoms with E-state index in [2.05, 4.69) is 4.98 Å². The summed E-state index contributed by atoms with van der Waals surface area (Å²) in [7, 11) is 0. The number of halogens is 4. The number of benzene rings is 1. The Labute approximate surface area is 169 Å². The van der Waals surface area contributed by atoms with Crippen molar-refractivity contribution in [1.82, 2.24) is 9.88 Å². The smallest absolute Gasteiger partial charge is 0.330 e. The number of thiophene rings is 1. The van der Waals surface area contributed by atoms with E-state index in [4.69, 9.17) is 0 Å². The fraction of sp³-hybridized carbons (Fsp3) is 0.238. The molecule has 0 unspecified atom stereocenters. The molecule has 8 heteroatoms. The highest BCUT2D eigenvalue weighted by molar-refractivity contribution is 7.09. The molecule has 0 atom stereocenters. The van der Waals surface area contributed by atoms with Gasteiger partial charge in [-0.1, -0.05) is 24.3 Å². The largest absolute Gasteiger partial charge is 0.471 e. The highest BCUT2D eigenvalue weighted by atomic mass is 32.1. The van der Waals surface area contributed by atoms with E-state index in [1.807, 2.05) is 0 Å². The number of pyridine rings is 1. The van der Waals surface area contributed by atoms with Gasteiger partial charge in [-0.15, -0.1) is 11.3 Å². The first-order valence-electron chi connectivity index (χ1n) is 8.93. The molecule has 0 saturated carbocycles. The van der Waals surface area contributed by atoms with Gasteiger partial charge in [0.2, 0.25) is 0 Å². The number of carbonyl (C=O) groups excluding carboxylic acids is 1. The third-order valence-electron chi connectivity index (χ3n) is 4.32. The van der Waals surface area contributed by atoms with Crippen LogP contribution in [0.3, 0.4) is 0 Å². The van der Waals surface area contributed by atoms with Gasteiger partial charge in [0.25, 0.3) is 0 Å². The Kier molecular flexibility index (Phi) is 6.64. The lowest BCUT2D eigenvalue weighted by Gasteiger charge is -2.23. The van der Waals surface area contributed by atoms with Gasteiger partial charge in [0.1, 0.15) is 5.82 Å². The first-order valence-corrected chi connectivity index (χ1v) is 9.81. The molecule has 152 valence electrons. The summed E-state index contributed by atoms with van der Waals surface area (Å²) in [6.07, 6.45) is -2.51. The Bertz CT molecular complexity index is 940. The van der Waals surface area contributed by atoms with Crippen molar-refractivity contribution >= 4 is 17.2 Å². The van der Waals surface area contributed by atoms with E-state index in [0.717, 1.165) is 10.5 Å². The average molecular weight is 422 g/mol. The van der Waals surface area contributed by atoms with Crippen molar-refractivity contribution in [2.45, 2.75) is 25.6 Å². The number of alkyl halides is 3. The predicted octanol–water partition coefficient (Wildman–Crippen LogP) is 5.47. The van der Waals surface area contributed by atoms with Crippen molar-refractivity contribution < 1.29 is 22.4 Å². The summed E-state index contributed by atoms with van der Waals surface area (Å²) in [4.78, 5) is 17.5. The van der Waals surface area contributed by atoms with Crippen LogP contribution in [0.2, 0.25) is 0 Å². The maximum absolute atomic E-state index is 13.8. The SMILES string of the molecule is O=C(N(CCCc1ccc(-c2ccccc2F)nc1)Cc1cccs1)C(F)(F)F. The van der Waals surface area contributed by atoms with Crippen molar-refractivity contribution in [3.05, 3.63) is 76.4 Å². The summed E-state index contributed by atoms with van der Waals surface area (Å²) >= 11 is 1.31. The fourth-order valence-corrected chi connectivity index (χ4v) is 3.62. The van der Waals surface area contributed by atoms with E-state index >= 15 is 0 Å². The monoisotopic (exact) mass is 422 g/mol. The maximum Gasteiger partial charge on any atom is 0.471 e. The van der Waals surface area contributed by atoms with Crippen LogP contribution >= 0.6 is 11.3 Å². The second-order valence-electron chi connectivity index (χ2n) is 6.44. The van der Waals surface area contributed by atoms with Gasteiger partial charge >= 0.3 is 12.1 Å². The lowest BCUT2D eigenvalue weighted by Crippen LogP contribution is -2.41. The van der Waals surface area contributed by atoms with Crippen LogP contribution in [0.15, 0.2) is 60.1 Å². The fourth-order valence-electron chi connectivity index (χ4n) is 2.90. The Morgan fingerprint density at radius 2 is 1.86 bits per heavy atom. The van der Waals surface area contributed by atoms with Gasteiger partial charge in [0, 0.05) is 23.2 Å². The van der Waals surface area contributed by atoms with Crippen molar-refractivity contribution in [2.24, 2.45) is 0 Å². The van der Waals surface area contributed by atoms with Gasteiger partial charge in [0.15, 0.2) is 0 Å². The molecule has 0 bridgehead atoms. The van der Waals surface area contributed by atoms with Crippen LogP contribution in [0.25, 0.3) is 11.3 Å². The molecule has 0 saturated heterocycles. The summed E-state index contributed by atoms with van der Waals surface area (Å²) in [6, 6.07) is 13.2. The highest BCUT2D eigenvalue weighted by Gasteiger charge is 2.42. The molecule has 0 N–H and O–H groups in total. The van der Waals surface area contributed by atoms with Crippen LogP contribution in [0.5, 0.6) is 0 Å². The van der Waals surface area contributed by atoms with Crippen LogP contribution in [0.1, 0.15) is 16.9 Å². The van der Waals surface area contributed by atoms with E-state index < -0.39 is 12.1 Å². The Balaban J connectivity index is 1.61. The van der Waals surface area contributed by atoms with Crippen molar-refractivity contribution in [3.8, 4) is 11.3 Å². The molecule has 1 amide bonds. The minimum absolute atomic E-state index is 0.0225. The first kappa shape index (κ1) is 21.0. The number of aryl methyl sites for hydroxylation is 1. The molecular formula is C21H18F4N2OS. The Morgan fingerprint density at radius 1 is 1.07 bits per heavy atom. The van der Waals surface area contributed by atoms with Gasteiger partial charge in [-0.2, -0.15) is 13.2 Å². The van der Waals surface area contributed by atoms with Gasteiger partial charge in [-0.3, -0.25) is 9.78 Å². The van der Waals surface area contributed by atoms with Crippen molar-refractivity contribution in [1.29, 1.82) is 0 Å².